The molecular weight excluding hydrogens is 216 g/mol. The van der Waals surface area contributed by atoms with E-state index in [9.17, 15) is 4.79 Å². The lowest BCUT2D eigenvalue weighted by Crippen LogP contribution is -2.10. The predicted molar refractivity (Wildman–Crippen MR) is 65.7 cm³/mol. The van der Waals surface area contributed by atoms with Gasteiger partial charge in [0.25, 0.3) is 5.56 Å². The van der Waals surface area contributed by atoms with Gasteiger partial charge in [0.05, 0.1) is 5.69 Å². The number of hydrogen-bond acceptors (Lipinski definition) is 3. The molecule has 17 heavy (non-hydrogen) atoms. The molecule has 0 unspecified atom stereocenters. The summed E-state index contributed by atoms with van der Waals surface area (Å²) in [5.41, 5.74) is 7.85. The van der Waals surface area contributed by atoms with Crippen molar-refractivity contribution in [2.45, 2.75) is 0 Å². The molecule has 0 spiro atoms. The highest BCUT2D eigenvalue weighted by Gasteiger charge is 2.06. The van der Waals surface area contributed by atoms with Crippen molar-refractivity contribution < 1.29 is 0 Å². The zero-order chi connectivity index (χ0) is 11.8. The molecule has 3 aromatic rings. The van der Waals surface area contributed by atoms with Crippen LogP contribution < -0.4 is 11.3 Å². The van der Waals surface area contributed by atoms with Crippen molar-refractivity contribution in [3.8, 4) is 11.3 Å². The first-order valence-electron chi connectivity index (χ1n) is 5.18. The van der Waals surface area contributed by atoms with Crippen molar-refractivity contribution in [3.63, 3.8) is 0 Å². The van der Waals surface area contributed by atoms with Crippen molar-refractivity contribution >= 4 is 11.5 Å². The lowest BCUT2D eigenvalue weighted by Gasteiger charge is -1.96. The minimum atomic E-state index is -0.227. The Labute approximate surface area is 96.5 Å². The first kappa shape index (κ1) is 9.65. The summed E-state index contributed by atoms with van der Waals surface area (Å²) in [6, 6.07) is 12.8. The molecule has 5 heteroatoms. The highest BCUT2D eigenvalue weighted by Crippen LogP contribution is 2.18. The van der Waals surface area contributed by atoms with Gasteiger partial charge in [-0.1, -0.05) is 30.3 Å². The number of aromatic nitrogens is 3. The maximum atomic E-state index is 11.3. The van der Waals surface area contributed by atoms with E-state index in [1.807, 2.05) is 30.3 Å². The van der Waals surface area contributed by atoms with E-state index in [0.29, 0.717) is 11.5 Å². The molecule has 0 fully saturated rings. The van der Waals surface area contributed by atoms with Crippen LogP contribution in [0.2, 0.25) is 0 Å². The molecule has 0 aliphatic heterocycles. The molecule has 0 saturated carbocycles. The first-order chi connectivity index (χ1) is 8.24. The molecule has 0 radical (unpaired) electrons. The van der Waals surface area contributed by atoms with Gasteiger partial charge in [-0.25, -0.2) is 4.52 Å². The number of hydrogen-bond donors (Lipinski definition) is 2. The fourth-order valence-electron chi connectivity index (χ4n) is 1.77. The highest BCUT2D eigenvalue weighted by molar-refractivity contribution is 5.64. The average molecular weight is 226 g/mol. The molecule has 0 bridgehead atoms. The second kappa shape index (κ2) is 3.48. The number of anilines is 1. The first-order valence-corrected chi connectivity index (χ1v) is 5.18. The minimum Gasteiger partial charge on any atom is -0.383 e. The minimum absolute atomic E-state index is 0.227. The molecule has 0 saturated heterocycles. The number of aromatic amines is 1. The molecule has 84 valence electrons. The van der Waals surface area contributed by atoms with Gasteiger partial charge in [0.1, 0.15) is 11.5 Å². The van der Waals surface area contributed by atoms with Crippen LogP contribution in [0.5, 0.6) is 0 Å². The van der Waals surface area contributed by atoms with E-state index in [2.05, 4.69) is 10.1 Å². The number of H-pyrrole nitrogens is 1. The number of fused-ring (bicyclic) bond motifs is 1. The van der Waals surface area contributed by atoms with E-state index in [1.165, 1.54) is 10.6 Å². The normalized spacial score (nSPS) is 10.8. The van der Waals surface area contributed by atoms with E-state index in [0.717, 1.165) is 11.3 Å². The van der Waals surface area contributed by atoms with Crippen LogP contribution >= 0.6 is 0 Å². The summed E-state index contributed by atoms with van der Waals surface area (Å²) < 4.78 is 1.52. The van der Waals surface area contributed by atoms with Gasteiger partial charge in [-0.05, 0) is 0 Å². The number of nitrogen functional groups attached to an aromatic ring is 1. The summed E-state index contributed by atoms with van der Waals surface area (Å²) in [6.07, 6.45) is 0. The van der Waals surface area contributed by atoms with Crippen molar-refractivity contribution in [1.29, 1.82) is 0 Å². The van der Waals surface area contributed by atoms with Crippen molar-refractivity contribution in [1.82, 2.24) is 14.6 Å². The van der Waals surface area contributed by atoms with Crippen LogP contribution in [0.4, 0.5) is 5.82 Å². The van der Waals surface area contributed by atoms with Crippen molar-refractivity contribution in [2.75, 3.05) is 5.73 Å². The van der Waals surface area contributed by atoms with E-state index >= 15 is 0 Å². The predicted octanol–water partition coefficient (Wildman–Crippen LogP) is 1.27. The monoisotopic (exact) mass is 226 g/mol. The second-order valence-corrected chi connectivity index (χ2v) is 3.75. The SMILES string of the molecule is Nc1cc(=O)[nH]c2cc(-c3ccccc3)nn12. The fourth-order valence-corrected chi connectivity index (χ4v) is 1.77. The summed E-state index contributed by atoms with van der Waals surface area (Å²) in [5, 5.41) is 4.35. The Kier molecular flexibility index (Phi) is 1.98. The Balaban J connectivity index is 2.27. The zero-order valence-corrected chi connectivity index (χ0v) is 8.92. The topological polar surface area (TPSA) is 76.2 Å². The molecular formula is C12H10N4O. The van der Waals surface area contributed by atoms with E-state index < -0.39 is 0 Å². The van der Waals surface area contributed by atoms with Gasteiger partial charge in [-0.15, -0.1) is 0 Å². The molecule has 0 atom stereocenters. The van der Waals surface area contributed by atoms with Gasteiger partial charge in [0.2, 0.25) is 0 Å². The third kappa shape index (κ3) is 1.57. The quantitative estimate of drug-likeness (QED) is 0.656. The molecule has 0 aliphatic rings. The molecule has 2 aromatic heterocycles. The van der Waals surface area contributed by atoms with Gasteiger partial charge < -0.3 is 10.7 Å². The fraction of sp³-hybridized carbons (Fsp3) is 0. The van der Waals surface area contributed by atoms with Crippen LogP contribution in [0.15, 0.2) is 47.3 Å². The van der Waals surface area contributed by atoms with Gasteiger partial charge in [-0.3, -0.25) is 4.79 Å². The number of rotatable bonds is 1. The van der Waals surface area contributed by atoms with E-state index in [4.69, 9.17) is 5.73 Å². The molecule has 5 nitrogen and oxygen atoms in total. The average Bonchev–Trinajstić information content (AvgIpc) is 2.74. The van der Waals surface area contributed by atoms with Crippen LogP contribution in [0.3, 0.4) is 0 Å². The Morgan fingerprint density at radius 1 is 1.18 bits per heavy atom. The number of nitrogens with two attached hydrogens (primary N) is 1. The number of nitrogens with one attached hydrogen (secondary N) is 1. The van der Waals surface area contributed by atoms with Gasteiger partial charge in [0, 0.05) is 17.7 Å². The standard InChI is InChI=1S/C12H10N4O/c13-10-7-12(17)14-11-6-9(15-16(10)11)8-4-2-1-3-5-8/h1-7H,13H2,(H,14,17). The third-order valence-corrected chi connectivity index (χ3v) is 2.55. The van der Waals surface area contributed by atoms with Gasteiger partial charge in [0.15, 0.2) is 0 Å². The summed E-state index contributed by atoms with van der Waals surface area (Å²) in [7, 11) is 0. The van der Waals surface area contributed by atoms with Crippen LogP contribution in [0, 0.1) is 0 Å². The molecule has 0 aliphatic carbocycles. The van der Waals surface area contributed by atoms with Crippen LogP contribution in [-0.2, 0) is 0 Å². The Hall–Kier alpha value is -2.56. The Morgan fingerprint density at radius 2 is 1.94 bits per heavy atom. The Morgan fingerprint density at radius 3 is 2.71 bits per heavy atom. The summed E-state index contributed by atoms with van der Waals surface area (Å²) >= 11 is 0. The lowest BCUT2D eigenvalue weighted by atomic mass is 10.2. The largest absolute Gasteiger partial charge is 0.383 e. The molecule has 3 rings (SSSR count). The maximum absolute atomic E-state index is 11.3. The molecule has 2 heterocycles. The van der Waals surface area contributed by atoms with Crippen LogP contribution in [-0.4, -0.2) is 14.6 Å². The highest BCUT2D eigenvalue weighted by atomic mass is 16.1. The lowest BCUT2D eigenvalue weighted by molar-refractivity contribution is 0.947. The van der Waals surface area contributed by atoms with Crippen LogP contribution in [0.25, 0.3) is 16.9 Å². The zero-order valence-electron chi connectivity index (χ0n) is 8.92. The summed E-state index contributed by atoms with van der Waals surface area (Å²) in [6.45, 7) is 0. The second-order valence-electron chi connectivity index (χ2n) is 3.75. The maximum Gasteiger partial charge on any atom is 0.253 e. The summed E-state index contributed by atoms with van der Waals surface area (Å²) in [4.78, 5) is 14.0. The van der Waals surface area contributed by atoms with Crippen molar-refractivity contribution in [2.24, 2.45) is 0 Å². The smallest absolute Gasteiger partial charge is 0.253 e. The molecule has 3 N–H and O–H groups in total. The number of nitrogens with zero attached hydrogens (tertiary/aromatic N) is 2. The third-order valence-electron chi connectivity index (χ3n) is 2.55. The van der Waals surface area contributed by atoms with Crippen LogP contribution in [0.1, 0.15) is 0 Å². The Bertz CT molecular complexity index is 727. The number of benzene rings is 1. The molecule has 1 aromatic carbocycles. The van der Waals surface area contributed by atoms with E-state index in [1.54, 1.807) is 6.07 Å². The summed E-state index contributed by atoms with van der Waals surface area (Å²) in [5.74, 6) is 0.325. The van der Waals surface area contributed by atoms with Gasteiger partial charge >= 0.3 is 0 Å². The van der Waals surface area contributed by atoms with Gasteiger partial charge in [-0.2, -0.15) is 5.10 Å². The van der Waals surface area contributed by atoms with Crippen molar-refractivity contribution in [3.05, 3.63) is 52.8 Å². The van der Waals surface area contributed by atoms with E-state index in [-0.39, 0.29) is 5.56 Å². The molecule has 0 amide bonds.